The normalized spacial score (nSPS) is 16.6. The fourth-order valence-electron chi connectivity index (χ4n) is 5.62. The summed E-state index contributed by atoms with van der Waals surface area (Å²) in [6.07, 6.45) is 3.03. The number of nitrogens with zero attached hydrogens (tertiary/aromatic N) is 9. The Hall–Kier alpha value is -4.38. The zero-order chi connectivity index (χ0) is 28.2. The predicted molar refractivity (Wildman–Crippen MR) is 158 cm³/mol. The number of hydrogen-bond acceptors (Lipinski definition) is 9. The van der Waals surface area contributed by atoms with Crippen molar-refractivity contribution in [2.45, 2.75) is 33.2 Å². The van der Waals surface area contributed by atoms with Crippen molar-refractivity contribution < 1.29 is 4.79 Å². The van der Waals surface area contributed by atoms with E-state index in [4.69, 9.17) is 0 Å². The summed E-state index contributed by atoms with van der Waals surface area (Å²) in [7, 11) is 0. The molecule has 1 N–H and O–H groups in total. The van der Waals surface area contributed by atoms with E-state index in [1.165, 1.54) is 11.9 Å². The number of benzene rings is 1. The highest BCUT2D eigenvalue weighted by atomic mass is 16.2. The first kappa shape index (κ1) is 26.8. The summed E-state index contributed by atoms with van der Waals surface area (Å²) in [6.45, 7) is 10.1. The third kappa shape index (κ3) is 6.35. The average Bonchev–Trinajstić information content (AvgIpc) is 3.36. The molecule has 2 fully saturated rings. The third-order valence-corrected chi connectivity index (χ3v) is 7.90. The fraction of sp³-hybridized carbons (Fsp3) is 0.400. The Morgan fingerprint density at radius 1 is 0.829 bits per heavy atom. The topological polar surface area (TPSA) is 108 Å². The highest BCUT2D eigenvalue weighted by molar-refractivity contribution is 5.92. The standard InChI is InChI=1S/C30H36N10O/c1-22-18-23(2)40(36-22)28-9-8-27(34-35-28)38-12-10-25(11-13-38)30(41)33-26-19-29(32-21-31-26)39-16-14-37(15-17-39)20-24-6-4-3-5-7-24/h3-9,18-19,21,25H,10-17,20H2,1-2H3,(H,31,32,33,41). The summed E-state index contributed by atoms with van der Waals surface area (Å²) in [5, 5.41) is 16.3. The molecule has 0 aliphatic carbocycles. The Bertz CT molecular complexity index is 1460. The molecule has 11 heteroatoms. The molecule has 5 heterocycles. The molecule has 1 aromatic carbocycles. The molecule has 212 valence electrons. The quantitative estimate of drug-likeness (QED) is 0.370. The molecule has 2 saturated heterocycles. The van der Waals surface area contributed by atoms with Crippen molar-refractivity contribution in [1.82, 2.24) is 34.8 Å². The van der Waals surface area contributed by atoms with Gasteiger partial charge in [0.15, 0.2) is 11.6 Å². The summed E-state index contributed by atoms with van der Waals surface area (Å²) in [4.78, 5) is 28.8. The summed E-state index contributed by atoms with van der Waals surface area (Å²) >= 11 is 0. The zero-order valence-corrected chi connectivity index (χ0v) is 23.6. The van der Waals surface area contributed by atoms with Gasteiger partial charge in [-0.15, -0.1) is 10.2 Å². The van der Waals surface area contributed by atoms with E-state index < -0.39 is 0 Å². The van der Waals surface area contributed by atoms with Gasteiger partial charge in [0.1, 0.15) is 18.0 Å². The Kier molecular flexibility index (Phi) is 7.86. The maximum absolute atomic E-state index is 13.1. The molecule has 0 unspecified atom stereocenters. The number of hydrogen-bond donors (Lipinski definition) is 1. The zero-order valence-electron chi connectivity index (χ0n) is 23.6. The molecular formula is C30H36N10O. The van der Waals surface area contributed by atoms with Gasteiger partial charge in [0, 0.05) is 63.5 Å². The maximum Gasteiger partial charge on any atom is 0.228 e. The lowest BCUT2D eigenvalue weighted by Gasteiger charge is -2.35. The number of anilines is 3. The number of carbonyl (C=O) groups is 1. The van der Waals surface area contributed by atoms with Gasteiger partial charge in [-0.25, -0.2) is 14.6 Å². The molecule has 3 aromatic heterocycles. The van der Waals surface area contributed by atoms with Gasteiger partial charge in [-0.2, -0.15) is 5.10 Å². The van der Waals surface area contributed by atoms with Gasteiger partial charge < -0.3 is 15.1 Å². The number of piperazine rings is 1. The Morgan fingerprint density at radius 3 is 2.22 bits per heavy atom. The second-order valence-corrected chi connectivity index (χ2v) is 10.8. The molecule has 0 radical (unpaired) electrons. The Morgan fingerprint density at radius 2 is 1.54 bits per heavy atom. The minimum Gasteiger partial charge on any atom is -0.355 e. The average molecular weight is 553 g/mol. The lowest BCUT2D eigenvalue weighted by Crippen LogP contribution is -2.46. The van der Waals surface area contributed by atoms with Crippen molar-refractivity contribution in [2.24, 2.45) is 5.92 Å². The van der Waals surface area contributed by atoms with Crippen LogP contribution in [0.3, 0.4) is 0 Å². The van der Waals surface area contributed by atoms with E-state index in [-0.39, 0.29) is 11.8 Å². The van der Waals surface area contributed by atoms with Gasteiger partial charge in [-0.1, -0.05) is 30.3 Å². The summed E-state index contributed by atoms with van der Waals surface area (Å²) in [5.41, 5.74) is 3.30. The molecule has 41 heavy (non-hydrogen) atoms. The van der Waals surface area contributed by atoms with E-state index in [0.717, 1.165) is 81.7 Å². The van der Waals surface area contributed by atoms with Crippen molar-refractivity contribution in [3.8, 4) is 5.82 Å². The van der Waals surface area contributed by atoms with Crippen LogP contribution in [0.25, 0.3) is 5.82 Å². The molecule has 6 rings (SSSR count). The van der Waals surface area contributed by atoms with Crippen LogP contribution in [0.4, 0.5) is 17.5 Å². The van der Waals surface area contributed by atoms with Gasteiger partial charge in [0.05, 0.1) is 5.69 Å². The number of carbonyl (C=O) groups excluding carboxylic acids is 1. The van der Waals surface area contributed by atoms with Crippen LogP contribution < -0.4 is 15.1 Å². The van der Waals surface area contributed by atoms with E-state index in [9.17, 15) is 4.79 Å². The first-order chi connectivity index (χ1) is 20.0. The largest absolute Gasteiger partial charge is 0.355 e. The molecule has 2 aliphatic rings. The van der Waals surface area contributed by atoms with Crippen LogP contribution in [0.15, 0.2) is 60.9 Å². The molecule has 1 amide bonds. The van der Waals surface area contributed by atoms with Crippen LogP contribution in [-0.4, -0.2) is 80.0 Å². The minimum atomic E-state index is -0.0758. The first-order valence-corrected chi connectivity index (χ1v) is 14.3. The third-order valence-electron chi connectivity index (χ3n) is 7.90. The molecule has 0 atom stereocenters. The van der Waals surface area contributed by atoms with Gasteiger partial charge >= 0.3 is 0 Å². The number of nitrogens with one attached hydrogen (secondary N) is 1. The van der Waals surface area contributed by atoms with Crippen molar-refractivity contribution in [2.75, 3.05) is 54.4 Å². The monoisotopic (exact) mass is 552 g/mol. The van der Waals surface area contributed by atoms with Gasteiger partial charge in [0.2, 0.25) is 5.91 Å². The molecule has 0 bridgehead atoms. The molecule has 0 saturated carbocycles. The lowest BCUT2D eigenvalue weighted by molar-refractivity contribution is -0.120. The Balaban J connectivity index is 0.989. The van der Waals surface area contributed by atoms with Crippen LogP contribution in [0.2, 0.25) is 0 Å². The predicted octanol–water partition coefficient (Wildman–Crippen LogP) is 3.25. The minimum absolute atomic E-state index is 0.00735. The maximum atomic E-state index is 13.1. The molecule has 0 spiro atoms. The highest BCUT2D eigenvalue weighted by Crippen LogP contribution is 2.24. The van der Waals surface area contributed by atoms with Crippen molar-refractivity contribution in [3.63, 3.8) is 0 Å². The highest BCUT2D eigenvalue weighted by Gasteiger charge is 2.27. The van der Waals surface area contributed by atoms with Crippen LogP contribution in [0.1, 0.15) is 29.8 Å². The number of aromatic nitrogens is 6. The summed E-state index contributed by atoms with van der Waals surface area (Å²) < 4.78 is 1.80. The first-order valence-electron chi connectivity index (χ1n) is 14.3. The number of rotatable bonds is 7. The van der Waals surface area contributed by atoms with Crippen molar-refractivity contribution in [1.29, 1.82) is 0 Å². The van der Waals surface area contributed by atoms with E-state index >= 15 is 0 Å². The SMILES string of the molecule is Cc1cc(C)n(-c2ccc(N3CCC(C(=O)Nc4cc(N5CCN(Cc6ccccc6)CC5)ncn4)CC3)nn2)n1. The van der Waals surface area contributed by atoms with Crippen molar-refractivity contribution in [3.05, 3.63) is 77.9 Å². The summed E-state index contributed by atoms with van der Waals surface area (Å²) in [6, 6.07) is 18.4. The van der Waals surface area contributed by atoms with Crippen LogP contribution in [0, 0.1) is 19.8 Å². The smallest absolute Gasteiger partial charge is 0.228 e. The molecule has 11 nitrogen and oxygen atoms in total. The van der Waals surface area contributed by atoms with Crippen LogP contribution in [0.5, 0.6) is 0 Å². The van der Waals surface area contributed by atoms with E-state index in [1.807, 2.05) is 38.1 Å². The number of piperidine rings is 1. The van der Waals surface area contributed by atoms with E-state index in [1.54, 1.807) is 4.68 Å². The fourth-order valence-corrected chi connectivity index (χ4v) is 5.62. The van der Waals surface area contributed by atoms with Crippen LogP contribution in [-0.2, 0) is 11.3 Å². The van der Waals surface area contributed by atoms with E-state index in [2.05, 4.69) is 75.6 Å². The number of aryl methyl sites for hydroxylation is 2. The van der Waals surface area contributed by atoms with E-state index in [0.29, 0.717) is 11.6 Å². The molecule has 4 aromatic rings. The number of amides is 1. The lowest BCUT2D eigenvalue weighted by atomic mass is 9.96. The van der Waals surface area contributed by atoms with Crippen LogP contribution >= 0.6 is 0 Å². The molecular weight excluding hydrogens is 516 g/mol. The van der Waals surface area contributed by atoms with Gasteiger partial charge in [-0.3, -0.25) is 9.69 Å². The summed E-state index contributed by atoms with van der Waals surface area (Å²) in [5.74, 6) is 2.86. The molecule has 2 aliphatic heterocycles. The second kappa shape index (κ2) is 12.0. The van der Waals surface area contributed by atoms with Crippen molar-refractivity contribution >= 4 is 23.4 Å². The van der Waals surface area contributed by atoms with Gasteiger partial charge in [-0.05, 0) is 50.5 Å². The Labute approximate surface area is 240 Å². The van der Waals surface area contributed by atoms with Gasteiger partial charge in [0.25, 0.3) is 0 Å². The second-order valence-electron chi connectivity index (χ2n) is 10.8.